The molecular formula is C14H21N3OS. The largest absolute Gasteiger partial charge is 0.338 e. The average Bonchev–Trinajstić information content (AvgIpc) is 3.08. The lowest BCUT2D eigenvalue weighted by molar-refractivity contribution is -0.134. The Balaban J connectivity index is 1.51. The number of piperazine rings is 1. The van der Waals surface area contributed by atoms with Crippen molar-refractivity contribution in [2.45, 2.75) is 18.9 Å². The van der Waals surface area contributed by atoms with Gasteiger partial charge in [-0.2, -0.15) is 0 Å². The van der Waals surface area contributed by atoms with E-state index in [4.69, 9.17) is 5.73 Å². The topological polar surface area (TPSA) is 49.6 Å². The summed E-state index contributed by atoms with van der Waals surface area (Å²) in [7, 11) is 0. The first kappa shape index (κ1) is 13.1. The third-order valence-electron chi connectivity index (χ3n) is 4.01. The van der Waals surface area contributed by atoms with Crippen LogP contribution in [0, 0.1) is 5.92 Å². The van der Waals surface area contributed by atoms with Gasteiger partial charge in [-0.25, -0.2) is 0 Å². The van der Waals surface area contributed by atoms with Crippen LogP contribution in [0.15, 0.2) is 17.5 Å². The van der Waals surface area contributed by atoms with E-state index in [0.717, 1.165) is 37.0 Å². The lowest BCUT2D eigenvalue weighted by Gasteiger charge is -2.35. The van der Waals surface area contributed by atoms with Gasteiger partial charge in [-0.05, 0) is 30.2 Å². The lowest BCUT2D eigenvalue weighted by Crippen LogP contribution is -2.51. The van der Waals surface area contributed by atoms with Gasteiger partial charge < -0.3 is 10.6 Å². The maximum Gasteiger partial charge on any atom is 0.245 e. The first-order chi connectivity index (χ1) is 9.24. The molecule has 0 radical (unpaired) electrons. The van der Waals surface area contributed by atoms with E-state index in [2.05, 4.69) is 4.90 Å². The first-order valence-electron chi connectivity index (χ1n) is 7.04. The van der Waals surface area contributed by atoms with Crippen LogP contribution in [0.25, 0.3) is 0 Å². The minimum Gasteiger partial charge on any atom is -0.338 e. The molecule has 1 aromatic heterocycles. The van der Waals surface area contributed by atoms with Gasteiger partial charge in [-0.3, -0.25) is 9.69 Å². The van der Waals surface area contributed by atoms with E-state index >= 15 is 0 Å². The van der Waals surface area contributed by atoms with Crippen LogP contribution in [0.4, 0.5) is 0 Å². The quantitative estimate of drug-likeness (QED) is 0.904. The molecule has 2 aliphatic rings. The SMILES string of the molecule is NC(C(=O)N1CCN(CC2CC2)CC1)c1cccs1. The van der Waals surface area contributed by atoms with E-state index in [0.29, 0.717) is 0 Å². The predicted molar refractivity (Wildman–Crippen MR) is 77.0 cm³/mol. The van der Waals surface area contributed by atoms with E-state index in [1.165, 1.54) is 19.4 Å². The molecule has 1 aliphatic heterocycles. The van der Waals surface area contributed by atoms with Crippen molar-refractivity contribution in [2.75, 3.05) is 32.7 Å². The molecule has 4 nitrogen and oxygen atoms in total. The third-order valence-corrected chi connectivity index (χ3v) is 4.97. The molecule has 1 saturated heterocycles. The number of nitrogens with zero attached hydrogens (tertiary/aromatic N) is 2. The zero-order chi connectivity index (χ0) is 13.2. The molecule has 2 fully saturated rings. The molecular weight excluding hydrogens is 258 g/mol. The number of carbonyl (C=O) groups excluding carboxylic acids is 1. The van der Waals surface area contributed by atoms with E-state index < -0.39 is 6.04 Å². The summed E-state index contributed by atoms with van der Waals surface area (Å²) in [5.41, 5.74) is 6.04. The molecule has 2 heterocycles. The Bertz CT molecular complexity index is 422. The molecule has 0 aromatic carbocycles. The highest BCUT2D eigenvalue weighted by molar-refractivity contribution is 7.10. The van der Waals surface area contributed by atoms with Crippen LogP contribution in [-0.2, 0) is 4.79 Å². The number of rotatable bonds is 4. The fourth-order valence-electron chi connectivity index (χ4n) is 2.60. The molecule has 104 valence electrons. The Hall–Kier alpha value is -0.910. The summed E-state index contributed by atoms with van der Waals surface area (Å²) in [6.07, 6.45) is 2.78. The van der Waals surface area contributed by atoms with E-state index in [9.17, 15) is 4.79 Å². The standard InChI is InChI=1S/C14H21N3OS/c15-13(12-2-1-9-19-12)14(18)17-7-5-16(6-8-17)10-11-3-4-11/h1-2,9,11,13H,3-8,10,15H2. The summed E-state index contributed by atoms with van der Waals surface area (Å²) in [6, 6.07) is 3.41. The molecule has 3 rings (SSSR count). The molecule has 0 bridgehead atoms. The van der Waals surface area contributed by atoms with Crippen molar-refractivity contribution >= 4 is 17.2 Å². The molecule has 1 saturated carbocycles. The number of nitrogens with two attached hydrogens (primary N) is 1. The van der Waals surface area contributed by atoms with Gasteiger partial charge >= 0.3 is 0 Å². The first-order valence-corrected chi connectivity index (χ1v) is 7.92. The highest BCUT2D eigenvalue weighted by Crippen LogP contribution is 2.30. The number of hydrogen-bond acceptors (Lipinski definition) is 4. The molecule has 1 unspecified atom stereocenters. The van der Waals surface area contributed by atoms with Crippen LogP contribution >= 0.6 is 11.3 Å². The molecule has 0 spiro atoms. The molecule has 1 atom stereocenters. The van der Waals surface area contributed by atoms with E-state index in [1.807, 2.05) is 22.4 Å². The minimum absolute atomic E-state index is 0.0773. The lowest BCUT2D eigenvalue weighted by atomic mass is 10.2. The fourth-order valence-corrected chi connectivity index (χ4v) is 3.32. The second kappa shape index (κ2) is 5.61. The summed E-state index contributed by atoms with van der Waals surface area (Å²) >= 11 is 1.56. The number of hydrogen-bond donors (Lipinski definition) is 1. The van der Waals surface area contributed by atoms with Gasteiger partial charge in [0.25, 0.3) is 0 Å². The smallest absolute Gasteiger partial charge is 0.245 e. The number of carbonyl (C=O) groups is 1. The van der Waals surface area contributed by atoms with Crippen LogP contribution in [0.2, 0.25) is 0 Å². The van der Waals surface area contributed by atoms with E-state index in [1.54, 1.807) is 11.3 Å². The maximum atomic E-state index is 12.3. The molecule has 19 heavy (non-hydrogen) atoms. The van der Waals surface area contributed by atoms with Gasteiger partial charge in [0.05, 0.1) is 0 Å². The van der Waals surface area contributed by atoms with Gasteiger partial charge in [0.2, 0.25) is 5.91 Å². The zero-order valence-corrected chi connectivity index (χ0v) is 11.9. The predicted octanol–water partition coefficient (Wildman–Crippen LogP) is 1.30. The van der Waals surface area contributed by atoms with Crippen LogP contribution in [0.3, 0.4) is 0 Å². The summed E-state index contributed by atoms with van der Waals surface area (Å²) in [6.45, 7) is 4.87. The number of amides is 1. The van der Waals surface area contributed by atoms with Crippen molar-refractivity contribution in [1.29, 1.82) is 0 Å². The van der Waals surface area contributed by atoms with Crippen molar-refractivity contribution in [3.05, 3.63) is 22.4 Å². The van der Waals surface area contributed by atoms with Crippen LogP contribution in [-0.4, -0.2) is 48.4 Å². The molecule has 1 aromatic rings. The van der Waals surface area contributed by atoms with Crippen LogP contribution in [0.5, 0.6) is 0 Å². The molecule has 1 amide bonds. The third kappa shape index (κ3) is 3.16. The van der Waals surface area contributed by atoms with Crippen molar-refractivity contribution in [3.8, 4) is 0 Å². The second-order valence-corrected chi connectivity index (χ2v) is 6.54. The van der Waals surface area contributed by atoms with Gasteiger partial charge in [0, 0.05) is 37.6 Å². The van der Waals surface area contributed by atoms with Gasteiger partial charge in [0.15, 0.2) is 0 Å². The van der Waals surface area contributed by atoms with Crippen LogP contribution in [0.1, 0.15) is 23.8 Å². The van der Waals surface area contributed by atoms with Crippen LogP contribution < -0.4 is 5.73 Å². The summed E-state index contributed by atoms with van der Waals surface area (Å²) in [5, 5.41) is 1.97. The molecule has 5 heteroatoms. The molecule has 2 N–H and O–H groups in total. The summed E-state index contributed by atoms with van der Waals surface area (Å²) in [4.78, 5) is 17.7. The Morgan fingerprint density at radius 2 is 2.11 bits per heavy atom. The number of thiophene rings is 1. The van der Waals surface area contributed by atoms with Crippen molar-refractivity contribution in [3.63, 3.8) is 0 Å². The van der Waals surface area contributed by atoms with Crippen molar-refractivity contribution in [1.82, 2.24) is 9.80 Å². The maximum absolute atomic E-state index is 12.3. The second-order valence-electron chi connectivity index (χ2n) is 5.56. The zero-order valence-electron chi connectivity index (χ0n) is 11.1. The van der Waals surface area contributed by atoms with Crippen molar-refractivity contribution < 1.29 is 4.79 Å². The van der Waals surface area contributed by atoms with Gasteiger partial charge in [-0.15, -0.1) is 11.3 Å². The summed E-state index contributed by atoms with van der Waals surface area (Å²) < 4.78 is 0. The van der Waals surface area contributed by atoms with Crippen molar-refractivity contribution in [2.24, 2.45) is 11.7 Å². The van der Waals surface area contributed by atoms with Gasteiger partial charge in [-0.1, -0.05) is 6.07 Å². The monoisotopic (exact) mass is 279 g/mol. The highest BCUT2D eigenvalue weighted by Gasteiger charge is 2.29. The Labute approximate surface area is 118 Å². The summed E-state index contributed by atoms with van der Waals surface area (Å²) in [5.74, 6) is 1.00. The Kier molecular flexibility index (Phi) is 3.86. The Morgan fingerprint density at radius 3 is 2.68 bits per heavy atom. The Morgan fingerprint density at radius 1 is 1.37 bits per heavy atom. The van der Waals surface area contributed by atoms with E-state index in [-0.39, 0.29) is 5.91 Å². The van der Waals surface area contributed by atoms with Gasteiger partial charge in [0.1, 0.15) is 6.04 Å². The average molecular weight is 279 g/mol. The fraction of sp³-hybridized carbons (Fsp3) is 0.643. The minimum atomic E-state index is -0.477. The normalized spacial score (nSPS) is 22.5. The highest BCUT2D eigenvalue weighted by atomic mass is 32.1. The molecule has 1 aliphatic carbocycles.